The van der Waals surface area contributed by atoms with Crippen LogP contribution in [-0.4, -0.2) is 6.29 Å². The van der Waals surface area contributed by atoms with Gasteiger partial charge in [0.15, 0.2) is 0 Å². The van der Waals surface area contributed by atoms with Crippen LogP contribution in [0.1, 0.15) is 41.3 Å². The van der Waals surface area contributed by atoms with Gasteiger partial charge < -0.3 is 0 Å². The van der Waals surface area contributed by atoms with E-state index in [4.69, 9.17) is 0 Å². The Morgan fingerprint density at radius 2 is 2.00 bits per heavy atom. The summed E-state index contributed by atoms with van der Waals surface area (Å²) in [5.74, 6) is 0.423. The molecular weight excluding hydrogens is 148 g/mol. The molecule has 1 nitrogen and oxygen atoms in total. The van der Waals surface area contributed by atoms with Crippen molar-refractivity contribution in [3.8, 4) is 0 Å². The van der Waals surface area contributed by atoms with Crippen molar-refractivity contribution < 1.29 is 4.79 Å². The lowest BCUT2D eigenvalue weighted by atomic mass is 9.93. The molecule has 0 spiro atoms. The van der Waals surface area contributed by atoms with Crippen molar-refractivity contribution in [3.05, 3.63) is 34.9 Å². The average Bonchev–Trinajstić information content (AvgIpc) is 2.03. The molecular formula is C11H14O. The van der Waals surface area contributed by atoms with Crippen LogP contribution in [0.15, 0.2) is 18.2 Å². The first kappa shape index (κ1) is 8.98. The molecule has 0 saturated heterocycles. The third kappa shape index (κ3) is 1.55. The second-order valence-electron chi connectivity index (χ2n) is 3.35. The summed E-state index contributed by atoms with van der Waals surface area (Å²) in [6.07, 6.45) is 0.933. The van der Waals surface area contributed by atoms with E-state index in [0.29, 0.717) is 5.92 Å². The number of carbonyl (C=O) groups is 1. The van der Waals surface area contributed by atoms with E-state index in [2.05, 4.69) is 13.8 Å². The molecule has 64 valence electrons. The summed E-state index contributed by atoms with van der Waals surface area (Å²) in [5, 5.41) is 0. The molecule has 0 radical (unpaired) electrons. The average molecular weight is 162 g/mol. The van der Waals surface area contributed by atoms with Crippen molar-refractivity contribution in [1.29, 1.82) is 0 Å². The minimum absolute atomic E-state index is 0.423. The summed E-state index contributed by atoms with van der Waals surface area (Å²) >= 11 is 0. The van der Waals surface area contributed by atoms with Gasteiger partial charge in [0.25, 0.3) is 0 Å². The number of carbonyl (C=O) groups excluding carboxylic acids is 1. The van der Waals surface area contributed by atoms with E-state index in [1.807, 2.05) is 25.1 Å². The van der Waals surface area contributed by atoms with Crippen molar-refractivity contribution >= 4 is 6.29 Å². The van der Waals surface area contributed by atoms with Crippen LogP contribution in [0.3, 0.4) is 0 Å². The van der Waals surface area contributed by atoms with Gasteiger partial charge in [-0.2, -0.15) is 0 Å². The quantitative estimate of drug-likeness (QED) is 0.611. The number of hydrogen-bond donors (Lipinski definition) is 0. The molecule has 0 amide bonds. The fraction of sp³-hybridized carbons (Fsp3) is 0.364. The maximum atomic E-state index is 10.7. The molecule has 0 aromatic heterocycles. The van der Waals surface area contributed by atoms with E-state index in [9.17, 15) is 4.79 Å². The van der Waals surface area contributed by atoms with Crippen molar-refractivity contribution in [3.63, 3.8) is 0 Å². The van der Waals surface area contributed by atoms with Crippen LogP contribution in [0.5, 0.6) is 0 Å². The summed E-state index contributed by atoms with van der Waals surface area (Å²) in [4.78, 5) is 10.7. The highest BCUT2D eigenvalue weighted by molar-refractivity contribution is 5.78. The zero-order valence-corrected chi connectivity index (χ0v) is 7.79. The van der Waals surface area contributed by atoms with Gasteiger partial charge in [-0.25, -0.2) is 0 Å². The van der Waals surface area contributed by atoms with Gasteiger partial charge >= 0.3 is 0 Å². The van der Waals surface area contributed by atoms with E-state index in [1.165, 1.54) is 11.1 Å². The van der Waals surface area contributed by atoms with Crippen LogP contribution in [-0.2, 0) is 0 Å². The SMILES string of the molecule is Cc1cccc(C=O)c1C(C)C. The summed E-state index contributed by atoms with van der Waals surface area (Å²) in [7, 11) is 0. The van der Waals surface area contributed by atoms with Crippen molar-refractivity contribution in [2.24, 2.45) is 0 Å². The predicted octanol–water partition coefficient (Wildman–Crippen LogP) is 2.93. The molecule has 1 heteroatoms. The Morgan fingerprint density at radius 3 is 2.42 bits per heavy atom. The zero-order valence-electron chi connectivity index (χ0n) is 7.79. The van der Waals surface area contributed by atoms with Gasteiger partial charge in [-0.3, -0.25) is 4.79 Å². The van der Waals surface area contributed by atoms with Crippen LogP contribution in [0.4, 0.5) is 0 Å². The lowest BCUT2D eigenvalue weighted by molar-refractivity contribution is 0.112. The largest absolute Gasteiger partial charge is 0.298 e. The van der Waals surface area contributed by atoms with E-state index < -0.39 is 0 Å². The first-order valence-corrected chi connectivity index (χ1v) is 4.21. The molecule has 0 aliphatic carbocycles. The fourth-order valence-electron chi connectivity index (χ4n) is 1.59. The Hall–Kier alpha value is -1.11. The monoisotopic (exact) mass is 162 g/mol. The van der Waals surface area contributed by atoms with Crippen LogP contribution in [0, 0.1) is 6.92 Å². The molecule has 1 aromatic rings. The molecule has 0 heterocycles. The molecule has 1 rings (SSSR count). The van der Waals surface area contributed by atoms with Gasteiger partial charge in [0, 0.05) is 5.56 Å². The van der Waals surface area contributed by atoms with E-state index in [1.54, 1.807) is 0 Å². The van der Waals surface area contributed by atoms with Gasteiger partial charge in [0.1, 0.15) is 6.29 Å². The van der Waals surface area contributed by atoms with Crippen LogP contribution in [0.25, 0.3) is 0 Å². The maximum Gasteiger partial charge on any atom is 0.150 e. The molecule has 0 unspecified atom stereocenters. The van der Waals surface area contributed by atoms with E-state index in [-0.39, 0.29) is 0 Å². The summed E-state index contributed by atoms with van der Waals surface area (Å²) in [6, 6.07) is 5.84. The molecule has 0 fully saturated rings. The first-order valence-electron chi connectivity index (χ1n) is 4.21. The minimum Gasteiger partial charge on any atom is -0.298 e. The molecule has 0 atom stereocenters. The lowest BCUT2D eigenvalue weighted by Crippen LogP contribution is -1.97. The second kappa shape index (κ2) is 3.53. The maximum absolute atomic E-state index is 10.7. The van der Waals surface area contributed by atoms with Crippen LogP contribution in [0.2, 0.25) is 0 Å². The highest BCUT2D eigenvalue weighted by Crippen LogP contribution is 2.21. The fourth-order valence-corrected chi connectivity index (χ4v) is 1.59. The summed E-state index contributed by atoms with van der Waals surface area (Å²) in [6.45, 7) is 6.26. The number of rotatable bonds is 2. The van der Waals surface area contributed by atoms with Gasteiger partial charge in [-0.15, -0.1) is 0 Å². The Kier molecular flexibility index (Phi) is 2.64. The van der Waals surface area contributed by atoms with Crippen molar-refractivity contribution in [2.75, 3.05) is 0 Å². The molecule has 0 aliphatic rings. The number of aryl methyl sites for hydroxylation is 1. The molecule has 12 heavy (non-hydrogen) atoms. The molecule has 1 aromatic carbocycles. The number of benzene rings is 1. The highest BCUT2D eigenvalue weighted by atomic mass is 16.1. The molecule has 0 saturated carbocycles. The number of aldehydes is 1. The van der Waals surface area contributed by atoms with Gasteiger partial charge in [0.2, 0.25) is 0 Å². The lowest BCUT2D eigenvalue weighted by Gasteiger charge is -2.11. The zero-order chi connectivity index (χ0) is 9.14. The third-order valence-corrected chi connectivity index (χ3v) is 2.06. The Balaban J connectivity index is 3.29. The predicted molar refractivity (Wildman–Crippen MR) is 50.7 cm³/mol. The van der Waals surface area contributed by atoms with E-state index >= 15 is 0 Å². The van der Waals surface area contributed by atoms with Crippen molar-refractivity contribution in [1.82, 2.24) is 0 Å². The first-order chi connectivity index (χ1) is 5.66. The van der Waals surface area contributed by atoms with E-state index in [0.717, 1.165) is 11.8 Å². The smallest absolute Gasteiger partial charge is 0.150 e. The van der Waals surface area contributed by atoms with Gasteiger partial charge in [0.05, 0.1) is 0 Å². The van der Waals surface area contributed by atoms with Gasteiger partial charge in [-0.05, 0) is 24.0 Å². The Labute approximate surface area is 73.4 Å². The second-order valence-corrected chi connectivity index (χ2v) is 3.35. The highest BCUT2D eigenvalue weighted by Gasteiger charge is 2.07. The molecule has 0 N–H and O–H groups in total. The topological polar surface area (TPSA) is 17.1 Å². The van der Waals surface area contributed by atoms with Crippen LogP contribution < -0.4 is 0 Å². The van der Waals surface area contributed by atoms with Gasteiger partial charge in [-0.1, -0.05) is 32.0 Å². The standard InChI is InChI=1S/C11H14O/c1-8(2)11-9(3)5-4-6-10(11)7-12/h4-8H,1-3H3. The van der Waals surface area contributed by atoms with Crippen LogP contribution >= 0.6 is 0 Å². The Bertz CT molecular complexity index is 287. The minimum atomic E-state index is 0.423. The molecule has 0 aliphatic heterocycles. The third-order valence-electron chi connectivity index (χ3n) is 2.06. The Morgan fingerprint density at radius 1 is 1.33 bits per heavy atom. The number of hydrogen-bond acceptors (Lipinski definition) is 1. The molecule has 0 bridgehead atoms. The normalized spacial score (nSPS) is 10.3. The summed E-state index contributed by atoms with van der Waals surface area (Å²) in [5.41, 5.74) is 3.20. The van der Waals surface area contributed by atoms with Crippen molar-refractivity contribution in [2.45, 2.75) is 26.7 Å². The summed E-state index contributed by atoms with van der Waals surface area (Å²) < 4.78 is 0.